The highest BCUT2D eigenvalue weighted by Crippen LogP contribution is 2.13. The molecule has 0 aliphatic carbocycles. The lowest BCUT2D eigenvalue weighted by Gasteiger charge is -2.15. The Labute approximate surface area is 113 Å². The zero-order valence-electron chi connectivity index (χ0n) is 11.0. The van der Waals surface area contributed by atoms with Crippen molar-refractivity contribution >= 4 is 21.8 Å². The van der Waals surface area contributed by atoms with Crippen molar-refractivity contribution in [2.24, 2.45) is 0 Å². The summed E-state index contributed by atoms with van der Waals surface area (Å²) >= 11 is 0. The normalized spacial score (nSPS) is 16.5. The van der Waals surface area contributed by atoms with E-state index in [4.69, 9.17) is 0 Å². The fraction of sp³-hybridized carbons (Fsp3) is 0.636. The molecule has 1 aromatic heterocycles. The summed E-state index contributed by atoms with van der Waals surface area (Å²) in [5.74, 6) is 1.20. The van der Waals surface area contributed by atoms with E-state index in [2.05, 4.69) is 20.6 Å². The standard InChI is InChI=1S/C11H19N5O2S/c1-12-10-4-5-13-11(15-10)14-6-9-19(17,18)16-7-2-3-8-16/h4-5H,2-3,6-9H2,1H3,(H2,12,13,14,15). The average molecular weight is 285 g/mol. The lowest BCUT2D eigenvalue weighted by molar-refractivity contribution is 0.478. The molecule has 0 saturated carbocycles. The van der Waals surface area contributed by atoms with Gasteiger partial charge in [0.2, 0.25) is 16.0 Å². The van der Waals surface area contributed by atoms with E-state index in [9.17, 15) is 8.42 Å². The van der Waals surface area contributed by atoms with Crippen LogP contribution in [-0.4, -0.2) is 55.1 Å². The molecule has 106 valence electrons. The molecule has 1 aliphatic heterocycles. The third kappa shape index (κ3) is 3.77. The van der Waals surface area contributed by atoms with Crippen LogP contribution in [0.15, 0.2) is 12.3 Å². The SMILES string of the molecule is CNc1ccnc(NCCS(=O)(=O)N2CCCC2)n1. The predicted octanol–water partition coefficient (Wildman–Crippen LogP) is 0.356. The first-order valence-electron chi connectivity index (χ1n) is 6.34. The molecule has 7 nitrogen and oxygen atoms in total. The van der Waals surface area contributed by atoms with Gasteiger partial charge in [-0.2, -0.15) is 4.98 Å². The van der Waals surface area contributed by atoms with E-state index in [0.717, 1.165) is 12.8 Å². The van der Waals surface area contributed by atoms with E-state index in [1.807, 2.05) is 0 Å². The minimum atomic E-state index is -3.15. The van der Waals surface area contributed by atoms with Gasteiger partial charge in [-0.05, 0) is 18.9 Å². The summed E-state index contributed by atoms with van der Waals surface area (Å²) in [6.45, 7) is 1.61. The minimum Gasteiger partial charge on any atom is -0.373 e. The molecule has 2 heterocycles. The lowest BCUT2D eigenvalue weighted by Crippen LogP contribution is -2.32. The molecule has 0 unspecified atom stereocenters. The molecule has 0 atom stereocenters. The number of sulfonamides is 1. The van der Waals surface area contributed by atoms with E-state index in [0.29, 0.717) is 31.4 Å². The van der Waals surface area contributed by atoms with Crippen molar-refractivity contribution < 1.29 is 8.42 Å². The number of aromatic nitrogens is 2. The van der Waals surface area contributed by atoms with Gasteiger partial charge in [-0.15, -0.1) is 0 Å². The molecule has 0 aromatic carbocycles. The van der Waals surface area contributed by atoms with E-state index in [1.54, 1.807) is 23.6 Å². The molecule has 2 N–H and O–H groups in total. The first-order valence-corrected chi connectivity index (χ1v) is 7.95. The van der Waals surface area contributed by atoms with Gasteiger partial charge in [-0.25, -0.2) is 17.7 Å². The summed E-state index contributed by atoms with van der Waals surface area (Å²) in [4.78, 5) is 8.20. The van der Waals surface area contributed by atoms with Crippen LogP contribution in [0.4, 0.5) is 11.8 Å². The van der Waals surface area contributed by atoms with Crippen LogP contribution in [0.5, 0.6) is 0 Å². The van der Waals surface area contributed by atoms with Crippen molar-refractivity contribution in [2.75, 3.05) is 43.1 Å². The summed E-state index contributed by atoms with van der Waals surface area (Å²) in [7, 11) is -1.38. The van der Waals surface area contributed by atoms with E-state index in [1.165, 1.54) is 0 Å². The molecule has 0 radical (unpaired) electrons. The minimum absolute atomic E-state index is 0.0696. The number of anilines is 2. The van der Waals surface area contributed by atoms with Crippen LogP contribution in [0, 0.1) is 0 Å². The Hall–Kier alpha value is -1.41. The largest absolute Gasteiger partial charge is 0.373 e. The highest BCUT2D eigenvalue weighted by atomic mass is 32.2. The number of nitrogens with one attached hydrogen (secondary N) is 2. The summed E-state index contributed by atoms with van der Waals surface area (Å²) in [6, 6.07) is 1.74. The average Bonchev–Trinajstić information content (AvgIpc) is 2.93. The molecular weight excluding hydrogens is 266 g/mol. The highest BCUT2D eigenvalue weighted by Gasteiger charge is 2.24. The van der Waals surface area contributed by atoms with Crippen molar-refractivity contribution in [3.8, 4) is 0 Å². The summed E-state index contributed by atoms with van der Waals surface area (Å²) in [6.07, 6.45) is 3.54. The molecule has 2 rings (SSSR count). The summed E-state index contributed by atoms with van der Waals surface area (Å²) in [5, 5.41) is 5.83. The molecule has 8 heteroatoms. The second-order valence-corrected chi connectivity index (χ2v) is 6.45. The lowest BCUT2D eigenvalue weighted by atomic mass is 10.4. The second-order valence-electron chi connectivity index (χ2n) is 4.36. The second kappa shape index (κ2) is 6.16. The van der Waals surface area contributed by atoms with E-state index < -0.39 is 10.0 Å². The van der Waals surface area contributed by atoms with Crippen molar-refractivity contribution in [1.29, 1.82) is 0 Å². The maximum absolute atomic E-state index is 12.0. The third-order valence-corrected chi connectivity index (χ3v) is 4.89. The Morgan fingerprint density at radius 1 is 1.37 bits per heavy atom. The fourth-order valence-corrected chi connectivity index (χ4v) is 3.40. The van der Waals surface area contributed by atoms with Gasteiger partial charge in [0.25, 0.3) is 0 Å². The number of nitrogens with zero attached hydrogens (tertiary/aromatic N) is 3. The van der Waals surface area contributed by atoms with Crippen molar-refractivity contribution in [3.63, 3.8) is 0 Å². The molecule has 19 heavy (non-hydrogen) atoms. The van der Waals surface area contributed by atoms with Crippen molar-refractivity contribution in [1.82, 2.24) is 14.3 Å². The molecule has 1 aromatic rings. The van der Waals surface area contributed by atoms with Crippen LogP contribution in [0.2, 0.25) is 0 Å². The maximum atomic E-state index is 12.0. The molecule has 0 bridgehead atoms. The van der Waals surface area contributed by atoms with E-state index in [-0.39, 0.29) is 5.75 Å². The maximum Gasteiger partial charge on any atom is 0.224 e. The summed E-state index contributed by atoms with van der Waals surface area (Å²) < 4.78 is 25.5. The Morgan fingerprint density at radius 3 is 2.79 bits per heavy atom. The number of rotatable bonds is 6. The first-order chi connectivity index (χ1) is 9.12. The number of hydrogen-bond acceptors (Lipinski definition) is 6. The van der Waals surface area contributed by atoms with Crippen LogP contribution in [0.25, 0.3) is 0 Å². The van der Waals surface area contributed by atoms with Crippen LogP contribution in [0.3, 0.4) is 0 Å². The van der Waals surface area contributed by atoms with Crippen molar-refractivity contribution in [2.45, 2.75) is 12.8 Å². The van der Waals surface area contributed by atoms with Gasteiger partial charge in [0.05, 0.1) is 5.75 Å². The van der Waals surface area contributed by atoms with Gasteiger partial charge in [-0.1, -0.05) is 0 Å². The monoisotopic (exact) mass is 285 g/mol. The molecule has 1 aliphatic rings. The summed E-state index contributed by atoms with van der Waals surface area (Å²) in [5.41, 5.74) is 0. The van der Waals surface area contributed by atoms with Gasteiger partial charge >= 0.3 is 0 Å². The van der Waals surface area contributed by atoms with Crippen LogP contribution < -0.4 is 10.6 Å². The van der Waals surface area contributed by atoms with Crippen LogP contribution in [0.1, 0.15) is 12.8 Å². The van der Waals surface area contributed by atoms with Gasteiger partial charge in [0.15, 0.2) is 0 Å². The van der Waals surface area contributed by atoms with Crippen LogP contribution in [-0.2, 0) is 10.0 Å². The molecular formula is C11H19N5O2S. The fourth-order valence-electron chi connectivity index (χ4n) is 1.97. The number of hydrogen-bond donors (Lipinski definition) is 2. The van der Waals surface area contributed by atoms with Gasteiger partial charge in [0.1, 0.15) is 5.82 Å². The van der Waals surface area contributed by atoms with E-state index >= 15 is 0 Å². The molecule has 1 fully saturated rings. The predicted molar refractivity (Wildman–Crippen MR) is 74.7 cm³/mol. The topological polar surface area (TPSA) is 87.2 Å². The van der Waals surface area contributed by atoms with Gasteiger partial charge < -0.3 is 10.6 Å². The highest BCUT2D eigenvalue weighted by molar-refractivity contribution is 7.89. The van der Waals surface area contributed by atoms with Gasteiger partial charge in [-0.3, -0.25) is 0 Å². The van der Waals surface area contributed by atoms with Crippen LogP contribution >= 0.6 is 0 Å². The zero-order chi connectivity index (χ0) is 13.7. The Bertz CT molecular complexity index is 514. The Balaban J connectivity index is 1.85. The first kappa shape index (κ1) is 14.0. The molecule has 0 spiro atoms. The van der Waals surface area contributed by atoms with Gasteiger partial charge in [0, 0.05) is 32.9 Å². The Morgan fingerprint density at radius 2 is 2.11 bits per heavy atom. The Kier molecular flexibility index (Phi) is 4.54. The third-order valence-electron chi connectivity index (χ3n) is 3.01. The van der Waals surface area contributed by atoms with Crippen molar-refractivity contribution in [3.05, 3.63) is 12.3 Å². The molecule has 1 saturated heterocycles. The smallest absolute Gasteiger partial charge is 0.224 e. The quantitative estimate of drug-likeness (QED) is 0.784. The molecule has 0 amide bonds. The zero-order valence-corrected chi connectivity index (χ0v) is 11.8.